The molecule has 0 radical (unpaired) electrons. The predicted octanol–water partition coefficient (Wildman–Crippen LogP) is 2.37. The van der Waals surface area contributed by atoms with Crippen LogP contribution in [0.3, 0.4) is 0 Å². The van der Waals surface area contributed by atoms with Gasteiger partial charge < -0.3 is 10.1 Å². The van der Waals surface area contributed by atoms with Gasteiger partial charge in [-0.25, -0.2) is 4.39 Å². The number of hydrogen-bond acceptors (Lipinski definition) is 2. The highest BCUT2D eigenvalue weighted by molar-refractivity contribution is 5.29. The molecule has 1 N–H and O–H groups in total. The maximum atomic E-state index is 13.2. The van der Waals surface area contributed by atoms with Crippen LogP contribution in [0.15, 0.2) is 18.2 Å². The van der Waals surface area contributed by atoms with E-state index in [0.717, 1.165) is 18.5 Å². The van der Waals surface area contributed by atoms with Crippen molar-refractivity contribution in [2.24, 2.45) is 0 Å². The number of likely N-dealkylation sites (N-methyl/N-ethyl adjacent to an activating group) is 1. The fraction of sp³-hybridized carbons (Fsp3) is 0.500. The lowest BCUT2D eigenvalue weighted by molar-refractivity contribution is 0.219. The Balaban J connectivity index is 2.71. The van der Waals surface area contributed by atoms with Crippen molar-refractivity contribution in [2.45, 2.75) is 26.4 Å². The van der Waals surface area contributed by atoms with Gasteiger partial charge in [0.1, 0.15) is 17.7 Å². The summed E-state index contributed by atoms with van der Waals surface area (Å²) in [5.41, 5.74) is 0.960. The molecule has 1 atom stereocenters. The first-order valence-electron chi connectivity index (χ1n) is 5.26. The van der Waals surface area contributed by atoms with Gasteiger partial charge in [-0.05, 0) is 38.1 Å². The van der Waals surface area contributed by atoms with Crippen molar-refractivity contribution in [1.82, 2.24) is 5.32 Å². The molecule has 15 heavy (non-hydrogen) atoms. The number of aryl methyl sites for hydroxylation is 1. The molecule has 0 aliphatic rings. The van der Waals surface area contributed by atoms with E-state index in [0.29, 0.717) is 5.75 Å². The van der Waals surface area contributed by atoms with Crippen LogP contribution < -0.4 is 10.1 Å². The van der Waals surface area contributed by atoms with Gasteiger partial charge >= 0.3 is 0 Å². The summed E-state index contributed by atoms with van der Waals surface area (Å²) in [5.74, 6) is 0.371. The number of hydrogen-bond donors (Lipinski definition) is 1. The van der Waals surface area contributed by atoms with E-state index in [1.54, 1.807) is 0 Å². The summed E-state index contributed by atoms with van der Waals surface area (Å²) >= 11 is 0. The standard InChI is InChI=1S/C12H18FNO/c1-4-10-5-11(13)7-12(6-10)15-9(2)8-14-3/h5-7,9,14H,4,8H2,1-3H3/t9-/m1/s1. The van der Waals surface area contributed by atoms with Crippen molar-refractivity contribution in [3.63, 3.8) is 0 Å². The van der Waals surface area contributed by atoms with Gasteiger partial charge in [-0.15, -0.1) is 0 Å². The van der Waals surface area contributed by atoms with Crippen LogP contribution in [0.25, 0.3) is 0 Å². The van der Waals surface area contributed by atoms with Crippen LogP contribution in [0, 0.1) is 5.82 Å². The van der Waals surface area contributed by atoms with Crippen LogP contribution >= 0.6 is 0 Å². The molecule has 0 aliphatic carbocycles. The van der Waals surface area contributed by atoms with E-state index in [4.69, 9.17) is 4.74 Å². The van der Waals surface area contributed by atoms with Crippen LogP contribution in [0.2, 0.25) is 0 Å². The second kappa shape index (κ2) is 5.71. The summed E-state index contributed by atoms with van der Waals surface area (Å²) in [4.78, 5) is 0. The Morgan fingerprint density at radius 3 is 2.73 bits per heavy atom. The third-order valence-electron chi connectivity index (χ3n) is 2.17. The largest absolute Gasteiger partial charge is 0.489 e. The Morgan fingerprint density at radius 2 is 2.13 bits per heavy atom. The minimum Gasteiger partial charge on any atom is -0.489 e. The smallest absolute Gasteiger partial charge is 0.127 e. The van der Waals surface area contributed by atoms with Gasteiger partial charge in [0.15, 0.2) is 0 Å². The number of benzene rings is 1. The van der Waals surface area contributed by atoms with Gasteiger partial charge in [-0.2, -0.15) is 0 Å². The molecule has 1 aromatic rings. The quantitative estimate of drug-likeness (QED) is 0.807. The second-order valence-electron chi connectivity index (χ2n) is 3.63. The summed E-state index contributed by atoms with van der Waals surface area (Å²) in [7, 11) is 1.86. The lowest BCUT2D eigenvalue weighted by Crippen LogP contribution is -2.26. The fourth-order valence-electron chi connectivity index (χ4n) is 1.45. The van der Waals surface area contributed by atoms with Crippen LogP contribution in [0.4, 0.5) is 4.39 Å². The Morgan fingerprint density at radius 1 is 1.40 bits per heavy atom. The summed E-state index contributed by atoms with van der Waals surface area (Å²) in [5, 5.41) is 3.01. The van der Waals surface area contributed by atoms with Crippen LogP contribution in [0.5, 0.6) is 5.75 Å². The zero-order valence-corrected chi connectivity index (χ0v) is 9.51. The molecular formula is C12H18FNO. The van der Waals surface area contributed by atoms with Gasteiger partial charge in [-0.3, -0.25) is 0 Å². The predicted molar refractivity (Wildman–Crippen MR) is 59.8 cm³/mol. The van der Waals surface area contributed by atoms with Gasteiger partial charge in [-0.1, -0.05) is 6.92 Å². The van der Waals surface area contributed by atoms with E-state index in [1.165, 1.54) is 12.1 Å². The summed E-state index contributed by atoms with van der Waals surface area (Å²) in [6, 6.07) is 4.84. The summed E-state index contributed by atoms with van der Waals surface area (Å²) < 4.78 is 18.7. The van der Waals surface area contributed by atoms with E-state index in [9.17, 15) is 4.39 Å². The number of nitrogens with one attached hydrogen (secondary N) is 1. The topological polar surface area (TPSA) is 21.3 Å². The highest BCUT2D eigenvalue weighted by atomic mass is 19.1. The summed E-state index contributed by atoms with van der Waals surface area (Å²) in [6.07, 6.45) is 0.857. The molecule has 84 valence electrons. The third kappa shape index (κ3) is 3.88. The van der Waals surface area contributed by atoms with Gasteiger partial charge in [0.2, 0.25) is 0 Å². The molecule has 1 rings (SSSR count). The normalized spacial score (nSPS) is 12.5. The van der Waals surface area contributed by atoms with Gasteiger partial charge in [0, 0.05) is 12.6 Å². The molecule has 1 aromatic carbocycles. The minimum absolute atomic E-state index is 0.0431. The lowest BCUT2D eigenvalue weighted by atomic mass is 10.1. The lowest BCUT2D eigenvalue weighted by Gasteiger charge is -2.14. The van der Waals surface area contributed by atoms with E-state index in [2.05, 4.69) is 5.32 Å². The van der Waals surface area contributed by atoms with E-state index >= 15 is 0 Å². The molecule has 0 spiro atoms. The van der Waals surface area contributed by atoms with Gasteiger partial charge in [0.05, 0.1) is 0 Å². The molecule has 2 nitrogen and oxygen atoms in total. The molecule has 0 saturated carbocycles. The first-order chi connectivity index (χ1) is 7.15. The molecule has 3 heteroatoms. The monoisotopic (exact) mass is 211 g/mol. The fourth-order valence-corrected chi connectivity index (χ4v) is 1.45. The number of ether oxygens (including phenoxy) is 1. The first-order valence-corrected chi connectivity index (χ1v) is 5.26. The molecule has 0 saturated heterocycles. The van der Waals surface area contributed by atoms with Crippen molar-refractivity contribution < 1.29 is 9.13 Å². The Bertz CT molecular complexity index is 314. The second-order valence-corrected chi connectivity index (χ2v) is 3.63. The van der Waals surface area contributed by atoms with Crippen LogP contribution in [-0.2, 0) is 6.42 Å². The molecule has 0 aliphatic heterocycles. The Kier molecular flexibility index (Phi) is 4.56. The van der Waals surface area contributed by atoms with Crippen molar-refractivity contribution in [1.29, 1.82) is 0 Å². The SMILES string of the molecule is CCc1cc(F)cc(O[C@H](C)CNC)c1. The highest BCUT2D eigenvalue weighted by Gasteiger charge is 2.05. The molecule has 0 heterocycles. The number of rotatable bonds is 5. The zero-order valence-electron chi connectivity index (χ0n) is 9.51. The molecule has 0 bridgehead atoms. The van der Waals surface area contributed by atoms with Crippen molar-refractivity contribution >= 4 is 0 Å². The molecule has 0 aromatic heterocycles. The van der Waals surface area contributed by atoms with E-state index in [1.807, 2.05) is 27.0 Å². The van der Waals surface area contributed by atoms with Crippen LogP contribution in [-0.4, -0.2) is 19.7 Å². The molecule has 0 fully saturated rings. The highest BCUT2D eigenvalue weighted by Crippen LogP contribution is 2.17. The minimum atomic E-state index is -0.235. The van der Waals surface area contributed by atoms with Crippen molar-refractivity contribution in [2.75, 3.05) is 13.6 Å². The average molecular weight is 211 g/mol. The molecule has 0 amide bonds. The Labute approximate surface area is 90.4 Å². The third-order valence-corrected chi connectivity index (χ3v) is 2.17. The molecule has 0 unspecified atom stereocenters. The van der Waals surface area contributed by atoms with Crippen molar-refractivity contribution in [3.8, 4) is 5.75 Å². The van der Waals surface area contributed by atoms with E-state index in [-0.39, 0.29) is 11.9 Å². The van der Waals surface area contributed by atoms with Crippen molar-refractivity contribution in [3.05, 3.63) is 29.6 Å². The number of halogens is 1. The zero-order chi connectivity index (χ0) is 11.3. The van der Waals surface area contributed by atoms with Crippen LogP contribution in [0.1, 0.15) is 19.4 Å². The average Bonchev–Trinajstić information content (AvgIpc) is 2.17. The Hall–Kier alpha value is -1.09. The maximum absolute atomic E-state index is 13.2. The maximum Gasteiger partial charge on any atom is 0.127 e. The summed E-state index contributed by atoms with van der Waals surface area (Å²) in [6.45, 7) is 4.70. The first kappa shape index (κ1) is 12.0. The van der Waals surface area contributed by atoms with E-state index < -0.39 is 0 Å². The van der Waals surface area contributed by atoms with Gasteiger partial charge in [0.25, 0.3) is 0 Å². The molecular weight excluding hydrogens is 193 g/mol.